The number of benzene rings is 1. The molecule has 1 aliphatic carbocycles. The summed E-state index contributed by atoms with van der Waals surface area (Å²) in [5, 5.41) is -0.279. The van der Waals surface area contributed by atoms with Gasteiger partial charge in [-0.05, 0) is 30.9 Å². The van der Waals surface area contributed by atoms with E-state index in [-0.39, 0.29) is 16.8 Å². The van der Waals surface area contributed by atoms with E-state index >= 15 is 0 Å². The van der Waals surface area contributed by atoms with Crippen LogP contribution in [0, 0.1) is 11.7 Å². The Morgan fingerprint density at radius 1 is 1.38 bits per heavy atom. The number of nitrogen functional groups attached to an aromatic ring is 1. The first-order valence-corrected chi connectivity index (χ1v) is 8.78. The van der Waals surface area contributed by atoms with Gasteiger partial charge in [-0.1, -0.05) is 31.4 Å². The molecule has 7 heteroatoms. The van der Waals surface area contributed by atoms with Crippen LogP contribution in [0.25, 0.3) is 0 Å². The molecule has 1 aromatic rings. The van der Waals surface area contributed by atoms with Gasteiger partial charge in [0.05, 0.1) is 5.02 Å². The normalized spacial score (nSPS) is 23.5. The van der Waals surface area contributed by atoms with Crippen LogP contribution >= 0.6 is 11.6 Å². The maximum absolute atomic E-state index is 14.1. The van der Waals surface area contributed by atoms with Crippen molar-refractivity contribution in [3.05, 3.63) is 23.0 Å². The molecule has 21 heavy (non-hydrogen) atoms. The fourth-order valence-corrected chi connectivity index (χ4v) is 4.65. The molecule has 2 unspecified atom stereocenters. The van der Waals surface area contributed by atoms with Gasteiger partial charge in [-0.3, -0.25) is 0 Å². The summed E-state index contributed by atoms with van der Waals surface area (Å²) in [6.07, 6.45) is 3.65. The molecule has 118 valence electrons. The van der Waals surface area contributed by atoms with Crippen molar-refractivity contribution >= 4 is 27.3 Å². The van der Waals surface area contributed by atoms with Crippen LogP contribution in [-0.4, -0.2) is 25.8 Å². The Bertz CT molecular complexity index is 636. The highest BCUT2D eigenvalue weighted by Gasteiger charge is 2.33. The minimum atomic E-state index is -3.94. The predicted octanol–water partition coefficient (Wildman–Crippen LogP) is 3.26. The number of nitrogens with zero attached hydrogens (tertiary/aromatic N) is 1. The summed E-state index contributed by atoms with van der Waals surface area (Å²) in [5.41, 5.74) is 5.72. The number of halogens is 2. The van der Waals surface area contributed by atoms with Crippen LogP contribution in [0.1, 0.15) is 32.6 Å². The highest BCUT2D eigenvalue weighted by molar-refractivity contribution is 7.89. The van der Waals surface area contributed by atoms with E-state index in [0.717, 1.165) is 31.7 Å². The largest absolute Gasteiger partial charge is 0.399 e. The van der Waals surface area contributed by atoms with Crippen molar-refractivity contribution < 1.29 is 12.8 Å². The Kier molecular flexibility index (Phi) is 4.80. The summed E-state index contributed by atoms with van der Waals surface area (Å²) in [4.78, 5) is -0.451. The molecule has 1 saturated carbocycles. The van der Waals surface area contributed by atoms with Crippen LogP contribution in [0.3, 0.4) is 0 Å². The molecule has 0 amide bonds. The summed E-state index contributed by atoms with van der Waals surface area (Å²) in [5.74, 6) is -0.475. The summed E-state index contributed by atoms with van der Waals surface area (Å²) >= 11 is 5.70. The Labute approximate surface area is 130 Å². The lowest BCUT2D eigenvalue weighted by Crippen LogP contribution is -2.40. The van der Waals surface area contributed by atoms with Crippen LogP contribution in [-0.2, 0) is 10.0 Å². The van der Waals surface area contributed by atoms with Gasteiger partial charge in [0.2, 0.25) is 10.0 Å². The molecule has 2 rings (SSSR count). The number of sulfonamides is 1. The third kappa shape index (κ3) is 3.33. The van der Waals surface area contributed by atoms with Crippen LogP contribution in [0.2, 0.25) is 5.02 Å². The fourth-order valence-electron chi connectivity index (χ4n) is 2.86. The SMILES string of the molecule is CC1CCCC(N(C)S(=O)(=O)c2cc(N)cc(Cl)c2F)C1. The van der Waals surface area contributed by atoms with E-state index in [1.807, 2.05) is 0 Å². The van der Waals surface area contributed by atoms with Crippen LogP contribution in [0.5, 0.6) is 0 Å². The standard InChI is InChI=1S/C14H20ClFN2O2S/c1-9-4-3-5-11(6-9)18(2)21(19,20)13-8-10(17)7-12(15)14(13)16/h7-9,11H,3-6,17H2,1-2H3. The van der Waals surface area contributed by atoms with Gasteiger partial charge >= 0.3 is 0 Å². The number of nitrogens with two attached hydrogens (primary N) is 1. The van der Waals surface area contributed by atoms with Gasteiger partial charge in [-0.15, -0.1) is 0 Å². The van der Waals surface area contributed by atoms with Gasteiger partial charge in [-0.2, -0.15) is 4.31 Å². The quantitative estimate of drug-likeness (QED) is 0.863. The second-order valence-electron chi connectivity index (χ2n) is 5.76. The summed E-state index contributed by atoms with van der Waals surface area (Å²) in [6.45, 7) is 2.10. The van der Waals surface area contributed by atoms with E-state index in [9.17, 15) is 12.8 Å². The van der Waals surface area contributed by atoms with Crippen molar-refractivity contribution in [2.45, 2.75) is 43.5 Å². The smallest absolute Gasteiger partial charge is 0.246 e. The number of hydrogen-bond donors (Lipinski definition) is 1. The van der Waals surface area contributed by atoms with Crippen LogP contribution < -0.4 is 5.73 Å². The zero-order chi connectivity index (χ0) is 15.8. The topological polar surface area (TPSA) is 63.4 Å². The average Bonchev–Trinajstić information content (AvgIpc) is 2.41. The Hall–Kier alpha value is -0.850. The lowest BCUT2D eigenvalue weighted by molar-refractivity contribution is 0.238. The minimum Gasteiger partial charge on any atom is -0.399 e. The van der Waals surface area contributed by atoms with Crippen molar-refractivity contribution in [3.63, 3.8) is 0 Å². The maximum Gasteiger partial charge on any atom is 0.246 e. The molecule has 0 saturated heterocycles. The minimum absolute atomic E-state index is 0.113. The summed E-state index contributed by atoms with van der Waals surface area (Å²) in [6, 6.07) is 2.22. The number of hydrogen-bond acceptors (Lipinski definition) is 3. The zero-order valence-corrected chi connectivity index (χ0v) is 13.7. The predicted molar refractivity (Wildman–Crippen MR) is 82.2 cm³/mol. The van der Waals surface area contributed by atoms with Crippen molar-refractivity contribution in [1.82, 2.24) is 4.31 Å². The van der Waals surface area contributed by atoms with Crippen molar-refractivity contribution in [2.24, 2.45) is 5.92 Å². The van der Waals surface area contributed by atoms with Crippen LogP contribution in [0.15, 0.2) is 17.0 Å². The first-order valence-electron chi connectivity index (χ1n) is 6.96. The van der Waals surface area contributed by atoms with E-state index < -0.39 is 20.7 Å². The molecular weight excluding hydrogens is 315 g/mol. The van der Waals surface area contributed by atoms with Gasteiger partial charge in [0.25, 0.3) is 0 Å². The Balaban J connectivity index is 2.37. The van der Waals surface area contributed by atoms with E-state index in [4.69, 9.17) is 17.3 Å². The van der Waals surface area contributed by atoms with E-state index in [1.54, 1.807) is 0 Å². The average molecular weight is 335 g/mol. The molecule has 0 spiro atoms. The number of anilines is 1. The van der Waals surface area contributed by atoms with Crippen molar-refractivity contribution in [3.8, 4) is 0 Å². The molecular formula is C14H20ClFN2O2S. The first kappa shape index (κ1) is 16.5. The molecule has 0 bridgehead atoms. The Morgan fingerprint density at radius 3 is 2.67 bits per heavy atom. The second kappa shape index (κ2) is 6.10. The maximum atomic E-state index is 14.1. The third-order valence-electron chi connectivity index (χ3n) is 4.10. The van der Waals surface area contributed by atoms with Gasteiger partial charge in [0, 0.05) is 18.8 Å². The van der Waals surface area contributed by atoms with Gasteiger partial charge in [0.15, 0.2) is 5.82 Å². The monoisotopic (exact) mass is 334 g/mol. The van der Waals surface area contributed by atoms with Gasteiger partial charge in [0.1, 0.15) is 4.90 Å². The highest BCUT2D eigenvalue weighted by atomic mass is 35.5. The van der Waals surface area contributed by atoms with E-state index in [2.05, 4.69) is 6.92 Å². The van der Waals surface area contributed by atoms with Gasteiger partial charge in [-0.25, -0.2) is 12.8 Å². The highest BCUT2D eigenvalue weighted by Crippen LogP contribution is 2.32. The Morgan fingerprint density at radius 2 is 2.05 bits per heavy atom. The first-order chi connectivity index (χ1) is 9.73. The second-order valence-corrected chi connectivity index (χ2v) is 8.13. The zero-order valence-electron chi connectivity index (χ0n) is 12.1. The van der Waals surface area contributed by atoms with E-state index in [1.165, 1.54) is 17.4 Å². The molecule has 2 N–H and O–H groups in total. The molecule has 1 aromatic carbocycles. The molecule has 0 aliphatic heterocycles. The van der Waals surface area contributed by atoms with Crippen LogP contribution in [0.4, 0.5) is 10.1 Å². The molecule has 1 aliphatic rings. The lowest BCUT2D eigenvalue weighted by Gasteiger charge is -2.33. The molecule has 0 radical (unpaired) electrons. The molecule has 0 aromatic heterocycles. The van der Waals surface area contributed by atoms with E-state index in [0.29, 0.717) is 5.92 Å². The van der Waals surface area contributed by atoms with Gasteiger partial charge < -0.3 is 5.73 Å². The molecule has 2 atom stereocenters. The van der Waals surface area contributed by atoms with Crippen molar-refractivity contribution in [1.29, 1.82) is 0 Å². The fraction of sp³-hybridized carbons (Fsp3) is 0.571. The summed E-state index contributed by atoms with van der Waals surface area (Å²) < 4.78 is 40.6. The summed E-state index contributed by atoms with van der Waals surface area (Å²) in [7, 11) is -2.45. The number of rotatable bonds is 3. The lowest BCUT2D eigenvalue weighted by atomic mass is 9.87. The molecule has 0 heterocycles. The molecule has 1 fully saturated rings. The third-order valence-corrected chi connectivity index (χ3v) is 6.28. The molecule has 4 nitrogen and oxygen atoms in total. The van der Waals surface area contributed by atoms with Crippen molar-refractivity contribution in [2.75, 3.05) is 12.8 Å².